The molecule has 0 unspecified atom stereocenters. The van der Waals surface area contributed by atoms with Crippen molar-refractivity contribution in [1.29, 1.82) is 0 Å². The van der Waals surface area contributed by atoms with Gasteiger partial charge in [0.2, 0.25) is 5.91 Å². The molecule has 0 spiro atoms. The molecule has 5 nitrogen and oxygen atoms in total. The van der Waals surface area contributed by atoms with Crippen LogP contribution in [0.1, 0.15) is 50.5 Å². The summed E-state index contributed by atoms with van der Waals surface area (Å²) in [5.74, 6) is 0.838. The largest absolute Gasteiger partial charge is 0.445 e. The number of nitrogens with one attached hydrogen (secondary N) is 1. The summed E-state index contributed by atoms with van der Waals surface area (Å²) in [6.45, 7) is 2.30. The molecule has 2 amide bonds. The van der Waals surface area contributed by atoms with Crippen molar-refractivity contribution in [2.24, 2.45) is 11.8 Å². The highest BCUT2D eigenvalue weighted by molar-refractivity contribution is 5.79. The predicted molar refractivity (Wildman–Crippen MR) is 101 cm³/mol. The third-order valence-electron chi connectivity index (χ3n) is 5.62. The summed E-state index contributed by atoms with van der Waals surface area (Å²) in [5.41, 5.74) is 0.984. The minimum Gasteiger partial charge on any atom is -0.445 e. The van der Waals surface area contributed by atoms with Crippen LogP contribution in [0.4, 0.5) is 4.79 Å². The maximum atomic E-state index is 12.4. The number of likely N-dealkylation sites (tertiary alicyclic amines) is 1. The van der Waals surface area contributed by atoms with E-state index >= 15 is 0 Å². The van der Waals surface area contributed by atoms with E-state index in [4.69, 9.17) is 4.74 Å². The van der Waals surface area contributed by atoms with Gasteiger partial charge in [-0.15, -0.1) is 0 Å². The van der Waals surface area contributed by atoms with E-state index in [1.807, 2.05) is 30.3 Å². The lowest BCUT2D eigenvalue weighted by molar-refractivity contribution is -0.126. The van der Waals surface area contributed by atoms with Gasteiger partial charge in [-0.3, -0.25) is 4.79 Å². The topological polar surface area (TPSA) is 58.6 Å². The highest BCUT2D eigenvalue weighted by Gasteiger charge is 2.28. The van der Waals surface area contributed by atoms with Crippen LogP contribution in [0, 0.1) is 11.8 Å². The second kappa shape index (κ2) is 9.60. The number of hydrogen-bond acceptors (Lipinski definition) is 3. The Balaban J connectivity index is 1.35. The van der Waals surface area contributed by atoms with Crippen molar-refractivity contribution in [3.8, 4) is 0 Å². The maximum absolute atomic E-state index is 12.4. The molecule has 0 atom stereocenters. The van der Waals surface area contributed by atoms with Gasteiger partial charge in [0.25, 0.3) is 0 Å². The van der Waals surface area contributed by atoms with Crippen LogP contribution < -0.4 is 5.32 Å². The number of piperidine rings is 1. The lowest BCUT2D eigenvalue weighted by Gasteiger charge is -2.31. The normalized spacial score (nSPS) is 19.2. The minimum atomic E-state index is -0.282. The lowest BCUT2D eigenvalue weighted by atomic mass is 9.89. The molecule has 1 N–H and O–H groups in total. The first-order chi connectivity index (χ1) is 12.7. The number of amides is 2. The zero-order valence-electron chi connectivity index (χ0n) is 15.5. The van der Waals surface area contributed by atoms with E-state index in [2.05, 4.69) is 5.32 Å². The number of benzene rings is 1. The Morgan fingerprint density at radius 3 is 2.38 bits per heavy atom. The summed E-state index contributed by atoms with van der Waals surface area (Å²) >= 11 is 0. The van der Waals surface area contributed by atoms with Gasteiger partial charge in [-0.2, -0.15) is 0 Å². The summed E-state index contributed by atoms with van der Waals surface area (Å²) in [5, 5.41) is 3.14. The van der Waals surface area contributed by atoms with Crippen LogP contribution in [-0.4, -0.2) is 36.5 Å². The first-order valence-corrected chi connectivity index (χ1v) is 9.95. The molecule has 1 heterocycles. The third kappa shape index (κ3) is 5.48. The molecule has 26 heavy (non-hydrogen) atoms. The number of carbonyl (C=O) groups excluding carboxylic acids is 2. The molecule has 142 valence electrons. The van der Waals surface area contributed by atoms with Crippen molar-refractivity contribution < 1.29 is 14.3 Å². The monoisotopic (exact) mass is 358 g/mol. The smallest absolute Gasteiger partial charge is 0.410 e. The van der Waals surface area contributed by atoms with Gasteiger partial charge in [-0.05, 0) is 37.2 Å². The molecule has 1 aliphatic carbocycles. The average Bonchev–Trinajstić information content (AvgIpc) is 2.72. The van der Waals surface area contributed by atoms with Gasteiger partial charge in [-0.1, -0.05) is 49.6 Å². The van der Waals surface area contributed by atoms with E-state index in [0.29, 0.717) is 25.6 Å². The van der Waals surface area contributed by atoms with Gasteiger partial charge < -0.3 is 15.0 Å². The quantitative estimate of drug-likeness (QED) is 0.872. The zero-order chi connectivity index (χ0) is 18.2. The number of ether oxygens (including phenoxy) is 1. The molecule has 1 saturated heterocycles. The average molecular weight is 358 g/mol. The highest BCUT2D eigenvalue weighted by Crippen LogP contribution is 2.23. The first kappa shape index (κ1) is 18.7. The van der Waals surface area contributed by atoms with Crippen LogP contribution in [0.15, 0.2) is 30.3 Å². The number of rotatable bonds is 5. The molecule has 0 bridgehead atoms. The molecule has 0 radical (unpaired) electrons. The molecule has 2 aliphatic rings. The fourth-order valence-electron chi connectivity index (χ4n) is 3.92. The van der Waals surface area contributed by atoms with Crippen LogP contribution in [0.25, 0.3) is 0 Å². The van der Waals surface area contributed by atoms with Crippen molar-refractivity contribution in [2.45, 2.75) is 51.6 Å². The van der Waals surface area contributed by atoms with Crippen molar-refractivity contribution in [2.75, 3.05) is 19.6 Å². The molecule has 0 aromatic heterocycles. The summed E-state index contributed by atoms with van der Waals surface area (Å²) in [6.07, 6.45) is 7.57. The molecule has 2 fully saturated rings. The minimum absolute atomic E-state index is 0.0248. The van der Waals surface area contributed by atoms with Crippen molar-refractivity contribution >= 4 is 12.0 Å². The zero-order valence-corrected chi connectivity index (χ0v) is 15.5. The van der Waals surface area contributed by atoms with Gasteiger partial charge in [0.1, 0.15) is 6.61 Å². The second-order valence-electron chi connectivity index (χ2n) is 7.55. The Labute approximate surface area is 156 Å². The number of carbonyl (C=O) groups is 2. The van der Waals surface area contributed by atoms with Gasteiger partial charge in [0.05, 0.1) is 0 Å². The van der Waals surface area contributed by atoms with Crippen molar-refractivity contribution in [3.05, 3.63) is 35.9 Å². The highest BCUT2D eigenvalue weighted by atomic mass is 16.6. The Morgan fingerprint density at radius 1 is 1.00 bits per heavy atom. The molecule has 5 heteroatoms. The Morgan fingerprint density at radius 2 is 1.69 bits per heavy atom. The second-order valence-corrected chi connectivity index (χ2v) is 7.55. The SMILES string of the molecule is O=C(NCC1CCCCC1)C1CCN(C(=O)OCc2ccccc2)CC1. The van der Waals surface area contributed by atoms with Crippen LogP contribution in [-0.2, 0) is 16.1 Å². The van der Waals surface area contributed by atoms with E-state index in [9.17, 15) is 9.59 Å². The van der Waals surface area contributed by atoms with E-state index in [1.54, 1.807) is 4.90 Å². The Hall–Kier alpha value is -2.04. The van der Waals surface area contributed by atoms with Crippen molar-refractivity contribution in [3.63, 3.8) is 0 Å². The standard InChI is InChI=1S/C21H30N2O3/c24-20(22-15-17-7-3-1-4-8-17)19-11-13-23(14-12-19)21(25)26-16-18-9-5-2-6-10-18/h2,5-6,9-10,17,19H,1,3-4,7-8,11-16H2,(H,22,24). The summed E-state index contributed by atoms with van der Waals surface area (Å²) in [7, 11) is 0. The molecule has 1 saturated carbocycles. The molecule has 1 aromatic carbocycles. The van der Waals surface area contributed by atoms with Crippen LogP contribution in [0.3, 0.4) is 0 Å². The van der Waals surface area contributed by atoms with Crippen LogP contribution in [0.5, 0.6) is 0 Å². The van der Waals surface area contributed by atoms with Gasteiger partial charge in [0.15, 0.2) is 0 Å². The molecule has 3 rings (SSSR count). The summed E-state index contributed by atoms with van der Waals surface area (Å²) in [6, 6.07) is 9.68. The van der Waals surface area contributed by atoms with Gasteiger partial charge >= 0.3 is 6.09 Å². The number of hydrogen-bond donors (Lipinski definition) is 1. The summed E-state index contributed by atoms with van der Waals surface area (Å²) < 4.78 is 5.38. The van der Waals surface area contributed by atoms with Gasteiger partial charge in [-0.25, -0.2) is 4.79 Å². The molecular weight excluding hydrogens is 328 g/mol. The number of nitrogens with zero attached hydrogens (tertiary/aromatic N) is 1. The van der Waals surface area contributed by atoms with E-state index in [1.165, 1.54) is 32.1 Å². The lowest BCUT2D eigenvalue weighted by Crippen LogP contribution is -2.44. The Bertz CT molecular complexity index is 576. The molecular formula is C21H30N2O3. The van der Waals surface area contributed by atoms with Gasteiger partial charge in [0, 0.05) is 25.6 Å². The van der Waals surface area contributed by atoms with E-state index < -0.39 is 0 Å². The van der Waals surface area contributed by atoms with Crippen molar-refractivity contribution in [1.82, 2.24) is 10.2 Å². The molecule has 1 aromatic rings. The summed E-state index contributed by atoms with van der Waals surface area (Å²) in [4.78, 5) is 26.3. The van der Waals surface area contributed by atoms with E-state index in [0.717, 1.165) is 24.9 Å². The fraction of sp³-hybridized carbons (Fsp3) is 0.619. The molecule has 1 aliphatic heterocycles. The first-order valence-electron chi connectivity index (χ1n) is 9.95. The third-order valence-corrected chi connectivity index (χ3v) is 5.62. The van der Waals surface area contributed by atoms with E-state index in [-0.39, 0.29) is 17.9 Å². The maximum Gasteiger partial charge on any atom is 0.410 e. The van der Waals surface area contributed by atoms with Crippen LogP contribution >= 0.6 is 0 Å². The predicted octanol–water partition coefficient (Wildman–Crippen LogP) is 3.73. The Kier molecular flexibility index (Phi) is 6.92. The fourth-order valence-corrected chi connectivity index (χ4v) is 3.92. The van der Waals surface area contributed by atoms with Crippen LogP contribution in [0.2, 0.25) is 0 Å².